The molecule has 2 heterocycles. The Balaban J connectivity index is 1.26. The number of para-hydroxylation sites is 2. The van der Waals surface area contributed by atoms with Crippen LogP contribution in [0.3, 0.4) is 0 Å². The highest BCUT2D eigenvalue weighted by atomic mass is 16.3. The van der Waals surface area contributed by atoms with Crippen molar-refractivity contribution in [3.05, 3.63) is 88.5 Å². The summed E-state index contributed by atoms with van der Waals surface area (Å²) < 4.78 is 0. The normalized spacial score (nSPS) is 18.0. The third-order valence-electron chi connectivity index (χ3n) is 8.43. The van der Waals surface area contributed by atoms with Crippen LogP contribution in [0.4, 0.5) is 17.1 Å². The van der Waals surface area contributed by atoms with Crippen molar-refractivity contribution in [1.82, 2.24) is 4.90 Å². The van der Waals surface area contributed by atoms with Crippen LogP contribution >= 0.6 is 0 Å². The molecule has 2 saturated heterocycles. The molecular formula is C33H39N5O2. The van der Waals surface area contributed by atoms with Gasteiger partial charge in [0.25, 0.3) is 5.91 Å². The third-order valence-corrected chi connectivity index (χ3v) is 8.43. The van der Waals surface area contributed by atoms with Gasteiger partial charge in [-0.25, -0.2) is 0 Å². The molecule has 0 saturated carbocycles. The second kappa shape index (κ2) is 12.0. The summed E-state index contributed by atoms with van der Waals surface area (Å²) in [6.45, 7) is 9.71. The third kappa shape index (κ3) is 5.64. The fraction of sp³-hybridized carbons (Fsp3) is 0.394. The molecule has 0 spiro atoms. The SMILES string of the molecule is Cc1cc(C)c(C(=O)N2CCN(c3ccccc3C)[C@H](CO)C2)cc1NC1CCN(c2ccccc2C#N)CC1. The number of piperidine rings is 1. The van der Waals surface area contributed by atoms with Crippen LogP contribution in [0, 0.1) is 32.1 Å². The molecule has 0 bridgehead atoms. The summed E-state index contributed by atoms with van der Waals surface area (Å²) in [5.74, 6) is 0.0198. The molecule has 40 heavy (non-hydrogen) atoms. The smallest absolute Gasteiger partial charge is 0.254 e. The minimum atomic E-state index is -0.140. The lowest BCUT2D eigenvalue weighted by Crippen LogP contribution is -2.56. The van der Waals surface area contributed by atoms with Gasteiger partial charge in [0.2, 0.25) is 0 Å². The Morgan fingerprint density at radius 3 is 2.33 bits per heavy atom. The van der Waals surface area contributed by atoms with E-state index in [4.69, 9.17) is 0 Å². The molecule has 2 N–H and O–H groups in total. The Kier molecular flexibility index (Phi) is 8.27. The van der Waals surface area contributed by atoms with Crippen LogP contribution in [0.5, 0.6) is 0 Å². The van der Waals surface area contributed by atoms with Gasteiger partial charge in [-0.3, -0.25) is 4.79 Å². The van der Waals surface area contributed by atoms with Crippen molar-refractivity contribution < 1.29 is 9.90 Å². The van der Waals surface area contributed by atoms with Crippen LogP contribution in [0.25, 0.3) is 0 Å². The van der Waals surface area contributed by atoms with Crippen LogP contribution in [-0.2, 0) is 0 Å². The highest BCUT2D eigenvalue weighted by Crippen LogP contribution is 2.29. The van der Waals surface area contributed by atoms with E-state index in [2.05, 4.69) is 53.2 Å². The van der Waals surface area contributed by atoms with Gasteiger partial charge in [-0.05, 0) is 74.6 Å². The zero-order valence-electron chi connectivity index (χ0n) is 23.7. The van der Waals surface area contributed by atoms with Crippen LogP contribution in [-0.4, -0.2) is 67.3 Å². The zero-order valence-corrected chi connectivity index (χ0v) is 23.7. The Morgan fingerprint density at radius 1 is 0.925 bits per heavy atom. The van der Waals surface area contributed by atoms with E-state index in [9.17, 15) is 15.2 Å². The number of aliphatic hydroxyl groups is 1. The van der Waals surface area contributed by atoms with Gasteiger partial charge < -0.3 is 25.1 Å². The van der Waals surface area contributed by atoms with E-state index < -0.39 is 0 Å². The molecule has 2 aliphatic rings. The van der Waals surface area contributed by atoms with Gasteiger partial charge in [0.05, 0.1) is 23.9 Å². The van der Waals surface area contributed by atoms with Crippen molar-refractivity contribution in [3.63, 3.8) is 0 Å². The van der Waals surface area contributed by atoms with Crippen LogP contribution < -0.4 is 15.1 Å². The lowest BCUT2D eigenvalue weighted by atomic mass is 9.99. The van der Waals surface area contributed by atoms with E-state index >= 15 is 0 Å². The maximum absolute atomic E-state index is 13.8. The molecule has 0 unspecified atom stereocenters. The molecule has 0 aromatic heterocycles. The first-order chi connectivity index (χ1) is 19.4. The number of nitrogens with zero attached hydrogens (tertiary/aromatic N) is 4. The van der Waals surface area contributed by atoms with E-state index in [0.717, 1.165) is 65.2 Å². The number of carbonyl (C=O) groups is 1. The minimum Gasteiger partial charge on any atom is -0.394 e. The number of carbonyl (C=O) groups excluding carboxylic acids is 1. The molecule has 3 aromatic rings. The Bertz CT molecular complexity index is 1410. The van der Waals surface area contributed by atoms with Gasteiger partial charge >= 0.3 is 0 Å². The number of anilines is 3. The monoisotopic (exact) mass is 537 g/mol. The maximum atomic E-state index is 13.8. The summed E-state index contributed by atoms with van der Waals surface area (Å²) in [6, 6.07) is 22.6. The van der Waals surface area contributed by atoms with E-state index in [1.807, 2.05) is 54.3 Å². The van der Waals surface area contributed by atoms with Gasteiger partial charge in [-0.15, -0.1) is 0 Å². The summed E-state index contributed by atoms with van der Waals surface area (Å²) in [4.78, 5) is 20.2. The van der Waals surface area contributed by atoms with Gasteiger partial charge in [0, 0.05) is 55.7 Å². The maximum Gasteiger partial charge on any atom is 0.254 e. The molecule has 0 aliphatic carbocycles. The fourth-order valence-electron chi connectivity index (χ4n) is 6.14. The Hall–Kier alpha value is -4.02. The molecular weight excluding hydrogens is 498 g/mol. The summed E-state index contributed by atoms with van der Waals surface area (Å²) in [7, 11) is 0. The number of piperazine rings is 1. The standard InChI is InChI=1S/C33H39N5O2/c1-23-8-4-6-10-31(23)38-17-16-37(21-28(38)22-39)33(40)29-19-30(25(3)18-24(29)2)35-27-12-14-36(15-13-27)32-11-7-5-9-26(32)20-34/h4-11,18-19,27-28,35,39H,12-17,21-22H2,1-3H3/t28-/m0/s1. The number of hydrogen-bond donors (Lipinski definition) is 2. The molecule has 2 fully saturated rings. The molecule has 7 heteroatoms. The second-order valence-corrected chi connectivity index (χ2v) is 11.1. The molecule has 3 aromatic carbocycles. The minimum absolute atomic E-state index is 0.00462. The van der Waals surface area contributed by atoms with E-state index in [-0.39, 0.29) is 18.6 Å². The molecule has 0 radical (unpaired) electrons. The first-order valence-corrected chi connectivity index (χ1v) is 14.2. The van der Waals surface area contributed by atoms with Crippen molar-refractivity contribution in [2.45, 2.75) is 45.7 Å². The number of nitrogens with one attached hydrogen (secondary N) is 1. The summed E-state index contributed by atoms with van der Waals surface area (Å²) in [5, 5.41) is 23.4. The highest BCUT2D eigenvalue weighted by Gasteiger charge is 2.31. The highest BCUT2D eigenvalue weighted by molar-refractivity contribution is 5.97. The topological polar surface area (TPSA) is 82.8 Å². The molecule has 208 valence electrons. The van der Waals surface area contributed by atoms with Crippen molar-refractivity contribution in [1.29, 1.82) is 5.26 Å². The molecule has 2 aliphatic heterocycles. The lowest BCUT2D eigenvalue weighted by molar-refractivity contribution is 0.0698. The molecule has 1 atom stereocenters. The van der Waals surface area contributed by atoms with Gasteiger partial charge in [-0.1, -0.05) is 36.4 Å². The van der Waals surface area contributed by atoms with Crippen LogP contribution in [0.15, 0.2) is 60.7 Å². The Labute approximate surface area is 237 Å². The first kappa shape index (κ1) is 27.5. The number of aliphatic hydroxyl groups excluding tert-OH is 1. The number of aryl methyl sites for hydroxylation is 3. The predicted molar refractivity (Wildman–Crippen MR) is 161 cm³/mol. The number of amides is 1. The van der Waals surface area contributed by atoms with Crippen molar-refractivity contribution >= 4 is 23.0 Å². The lowest BCUT2D eigenvalue weighted by Gasteiger charge is -2.42. The molecule has 1 amide bonds. The molecule has 7 nitrogen and oxygen atoms in total. The predicted octanol–water partition coefficient (Wildman–Crippen LogP) is 4.89. The van der Waals surface area contributed by atoms with Crippen molar-refractivity contribution in [2.75, 3.05) is 54.4 Å². The van der Waals surface area contributed by atoms with Gasteiger partial charge in [-0.2, -0.15) is 5.26 Å². The fourth-order valence-corrected chi connectivity index (χ4v) is 6.14. The van der Waals surface area contributed by atoms with E-state index in [1.165, 1.54) is 5.56 Å². The number of benzene rings is 3. The Morgan fingerprint density at radius 2 is 1.62 bits per heavy atom. The molecule has 5 rings (SSSR count). The van der Waals surface area contributed by atoms with Crippen LogP contribution in [0.2, 0.25) is 0 Å². The van der Waals surface area contributed by atoms with E-state index in [1.54, 1.807) is 0 Å². The van der Waals surface area contributed by atoms with Gasteiger partial charge in [0.1, 0.15) is 6.07 Å². The first-order valence-electron chi connectivity index (χ1n) is 14.2. The largest absolute Gasteiger partial charge is 0.394 e. The van der Waals surface area contributed by atoms with E-state index in [0.29, 0.717) is 25.7 Å². The van der Waals surface area contributed by atoms with Gasteiger partial charge in [0.15, 0.2) is 0 Å². The second-order valence-electron chi connectivity index (χ2n) is 11.1. The average molecular weight is 538 g/mol. The van der Waals surface area contributed by atoms with Crippen LogP contribution in [0.1, 0.15) is 45.5 Å². The number of hydrogen-bond acceptors (Lipinski definition) is 6. The average Bonchev–Trinajstić information content (AvgIpc) is 2.98. The van der Waals surface area contributed by atoms with Crippen molar-refractivity contribution in [2.24, 2.45) is 0 Å². The summed E-state index contributed by atoms with van der Waals surface area (Å²) >= 11 is 0. The summed E-state index contributed by atoms with van der Waals surface area (Å²) in [5.41, 5.74) is 7.83. The zero-order chi connectivity index (χ0) is 28.2. The number of nitriles is 1. The number of rotatable bonds is 6. The summed E-state index contributed by atoms with van der Waals surface area (Å²) in [6.07, 6.45) is 1.91. The quantitative estimate of drug-likeness (QED) is 0.466. The van der Waals surface area contributed by atoms with Crippen molar-refractivity contribution in [3.8, 4) is 6.07 Å².